The number of hydrogen-bond donors (Lipinski definition) is 0. The third-order valence-electron chi connectivity index (χ3n) is 4.54. The molecule has 16 heteroatoms. The summed E-state index contributed by atoms with van der Waals surface area (Å²) in [5, 5.41) is 3.49. The van der Waals surface area contributed by atoms with Crippen LogP contribution in [0.4, 0.5) is 10.2 Å². The molecule has 3 atom stereocenters. The molecule has 3 rings (SSSR count). The van der Waals surface area contributed by atoms with Gasteiger partial charge < -0.3 is 0 Å². The Morgan fingerprint density at radius 2 is 2.16 bits per heavy atom. The summed E-state index contributed by atoms with van der Waals surface area (Å²) in [5.41, 5.74) is 5.89. The van der Waals surface area contributed by atoms with E-state index in [9.17, 15) is 17.6 Å². The molecule has 0 aliphatic carbocycles. The number of azide groups is 1. The molecule has 0 N–H and O–H groups in total. The Morgan fingerprint density at radius 1 is 1.44 bits per heavy atom. The van der Waals surface area contributed by atoms with E-state index in [-0.39, 0.29) is 23.7 Å². The van der Waals surface area contributed by atoms with Gasteiger partial charge in [-0.2, -0.15) is 0 Å². The van der Waals surface area contributed by atoms with Crippen LogP contribution in [0.25, 0.3) is 10.4 Å². The molecule has 1 aromatic heterocycles. The van der Waals surface area contributed by atoms with Gasteiger partial charge in [-0.05, 0) is 0 Å². The Kier molecular flexibility index (Phi) is 7.62. The Bertz CT molecular complexity index is 1220. The summed E-state index contributed by atoms with van der Waals surface area (Å²) >= 11 is 3.24. The van der Waals surface area contributed by atoms with Crippen molar-refractivity contribution in [1.82, 2.24) is 9.55 Å². The minimum atomic E-state index is -3.61. The molecule has 166 valence electrons. The van der Waals surface area contributed by atoms with Gasteiger partial charge in [-0.15, -0.1) is 0 Å². The van der Waals surface area contributed by atoms with Gasteiger partial charge in [0.2, 0.25) is 0 Å². The van der Waals surface area contributed by atoms with Gasteiger partial charge >= 0.3 is 192 Å². The van der Waals surface area contributed by atoms with Gasteiger partial charge in [0.1, 0.15) is 0 Å². The van der Waals surface area contributed by atoms with Gasteiger partial charge in [0.05, 0.1) is 0 Å². The quantitative estimate of drug-likeness (QED) is 0.222. The van der Waals surface area contributed by atoms with Crippen LogP contribution in [0.2, 0.25) is 0 Å². The second-order valence-corrected chi connectivity index (χ2v) is 9.77. The summed E-state index contributed by atoms with van der Waals surface area (Å²) < 4.78 is 51.4. The van der Waals surface area contributed by atoms with Crippen LogP contribution in [0.15, 0.2) is 60.7 Å². The van der Waals surface area contributed by atoms with Gasteiger partial charge in [0.25, 0.3) is 0 Å². The Labute approximate surface area is 192 Å². The third-order valence-corrected chi connectivity index (χ3v) is 6.65. The first-order valence-corrected chi connectivity index (χ1v) is 11.6. The topological polar surface area (TPSA) is 149 Å². The van der Waals surface area contributed by atoms with E-state index in [1.807, 2.05) is 0 Å². The average Bonchev–Trinajstić information content (AvgIpc) is 3.04. The monoisotopic (exact) mass is 524 g/mol. The third kappa shape index (κ3) is 5.51. The fourth-order valence-corrected chi connectivity index (χ4v) is 4.39. The number of nitrogens with zero attached hydrogens (tertiary/aromatic N) is 6. The molecule has 11 nitrogen and oxygen atoms in total. The number of hydrogen-bond acceptors (Lipinski definition) is 8. The van der Waals surface area contributed by atoms with Crippen LogP contribution >= 0.6 is 15.9 Å². The summed E-state index contributed by atoms with van der Waals surface area (Å²) in [6.07, 6.45) is -2.09. The van der Waals surface area contributed by atoms with Crippen LogP contribution in [-0.4, -0.2) is 57.2 Å². The van der Waals surface area contributed by atoms with Crippen molar-refractivity contribution >= 4 is 46.7 Å². The maximum absolute atomic E-state index is 14.6. The number of aromatic nitrogens is 2. The summed E-state index contributed by atoms with van der Waals surface area (Å²) in [6.45, 7) is -0.189. The summed E-state index contributed by atoms with van der Waals surface area (Å²) in [5.74, 6) is -0.0520. The Morgan fingerprint density at radius 3 is 2.78 bits per heavy atom. The fourth-order valence-electron chi connectivity index (χ4n) is 3.11. The molecule has 1 aliphatic heterocycles. The van der Waals surface area contributed by atoms with Crippen molar-refractivity contribution in [1.29, 1.82) is 0 Å². The van der Waals surface area contributed by atoms with E-state index in [4.69, 9.17) is 14.9 Å². The second-order valence-electron chi connectivity index (χ2n) is 6.82. The minimum absolute atomic E-state index is 0.0520. The molecular weight excluding hydrogens is 509 g/mol. The van der Waals surface area contributed by atoms with E-state index in [1.54, 1.807) is 12.1 Å². The van der Waals surface area contributed by atoms with E-state index in [1.165, 1.54) is 32.4 Å². The molecule has 0 bridgehead atoms. The van der Waals surface area contributed by atoms with Crippen LogP contribution in [0.1, 0.15) is 12.6 Å². The van der Waals surface area contributed by atoms with Gasteiger partial charge in [0.15, 0.2) is 0 Å². The first-order valence-electron chi connectivity index (χ1n) is 9.17. The predicted molar refractivity (Wildman–Crippen MR) is 119 cm³/mol. The zero-order valence-corrected chi connectivity index (χ0v) is 19.1. The van der Waals surface area contributed by atoms with E-state index in [0.717, 1.165) is 16.1 Å². The van der Waals surface area contributed by atoms with E-state index >= 15 is 0 Å². The second kappa shape index (κ2) is 10.0. The zero-order valence-electron chi connectivity index (χ0n) is 16.7. The van der Waals surface area contributed by atoms with Crippen molar-refractivity contribution < 1.29 is 22.2 Å². The van der Waals surface area contributed by atoms with Gasteiger partial charge in [-0.3, -0.25) is 0 Å². The zero-order chi connectivity index (χ0) is 23.4. The van der Waals surface area contributed by atoms with Crippen LogP contribution < -0.4 is 5.69 Å². The van der Waals surface area contributed by atoms with Crippen LogP contribution in [-0.2, 0) is 19.2 Å². The predicted octanol–water partition coefficient (Wildman–Crippen LogP) is 1.78. The SMILES string of the molecule is BOC[C@]1(N=[N+]=[N-])CC(F)[C@H](n2ccc(N=BCS(=O)(=O)c3ccc(Br)cc3)nc2=O)O1. The van der Waals surface area contributed by atoms with Gasteiger partial charge in [-0.1, -0.05) is 0 Å². The number of ether oxygens (including phenoxy) is 1. The molecule has 1 unspecified atom stereocenters. The Hall–Kier alpha value is -2.38. The van der Waals surface area contributed by atoms with Crippen molar-refractivity contribution in [2.24, 2.45) is 10.0 Å². The van der Waals surface area contributed by atoms with Crippen molar-refractivity contribution in [3.05, 3.63) is 61.9 Å². The molecule has 0 saturated carbocycles. The molecular formula is C16H16B2BrFN6O5S. The summed E-state index contributed by atoms with van der Waals surface area (Å²) in [4.78, 5) is 22.8. The average molecular weight is 525 g/mol. The standard InChI is InChI=1S/C16H16B2BrFN6O5S/c17-30-8-16(24-25-21)7-12(20)14(31-16)26-6-5-13(22-15(26)27)23-18-9-32(28,29)11-3-1-10(19)2-4-11/h1-6,12,14H,7-9,17H2/t12?,14-,16+/m1/s1. The molecule has 2 heterocycles. The summed E-state index contributed by atoms with van der Waals surface area (Å²) in [7, 11) is -1.15. The van der Waals surface area contributed by atoms with Crippen molar-refractivity contribution in [3.8, 4) is 0 Å². The van der Waals surface area contributed by atoms with Crippen LogP contribution in [0, 0.1) is 0 Å². The first kappa shape index (κ1) is 24.3. The molecule has 1 saturated heterocycles. The van der Waals surface area contributed by atoms with E-state index < -0.39 is 39.3 Å². The van der Waals surface area contributed by atoms with Crippen molar-refractivity contribution in [2.45, 2.75) is 29.4 Å². The molecule has 0 radical (unpaired) electrons. The normalized spacial score (nSPS) is 23.1. The Balaban J connectivity index is 1.75. The number of alkyl halides is 1. The molecule has 32 heavy (non-hydrogen) atoms. The molecule has 2 aromatic rings. The summed E-state index contributed by atoms with van der Waals surface area (Å²) in [6, 6.07) is 7.45. The van der Waals surface area contributed by atoms with Crippen LogP contribution in [0.5, 0.6) is 0 Å². The van der Waals surface area contributed by atoms with E-state index in [2.05, 4.69) is 35.8 Å². The van der Waals surface area contributed by atoms with Gasteiger partial charge in [0, 0.05) is 0 Å². The van der Waals surface area contributed by atoms with Gasteiger partial charge in [-0.25, -0.2) is 0 Å². The number of halogens is 2. The number of rotatable bonds is 8. The van der Waals surface area contributed by atoms with Crippen molar-refractivity contribution in [2.75, 3.05) is 12.3 Å². The fraction of sp³-hybridized carbons (Fsp3) is 0.375. The molecule has 1 fully saturated rings. The maximum atomic E-state index is 14.6. The molecule has 0 amide bonds. The molecule has 1 aromatic carbocycles. The molecule has 0 spiro atoms. The first-order chi connectivity index (χ1) is 15.2. The van der Waals surface area contributed by atoms with Crippen molar-refractivity contribution in [3.63, 3.8) is 0 Å². The number of benzene rings is 1. The van der Waals surface area contributed by atoms with E-state index in [0.29, 0.717) is 0 Å². The number of sulfone groups is 1. The van der Waals surface area contributed by atoms with Crippen LogP contribution in [0.3, 0.4) is 0 Å². The molecule has 1 aliphatic rings.